The molecule has 1 radical (unpaired) electrons. The molecular formula is C32H46NO6. The van der Waals surface area contributed by atoms with E-state index in [-0.39, 0.29) is 29.9 Å². The van der Waals surface area contributed by atoms with Gasteiger partial charge in [0.2, 0.25) is 0 Å². The van der Waals surface area contributed by atoms with Crippen molar-refractivity contribution in [3.05, 3.63) is 53.5 Å². The Bertz CT molecular complexity index is 1030. The highest BCUT2D eigenvalue weighted by atomic mass is 16.5. The van der Waals surface area contributed by atoms with E-state index in [1.807, 2.05) is 38.5 Å². The zero-order valence-electron chi connectivity index (χ0n) is 24.2. The number of nitrogens with zero attached hydrogens (tertiary/aromatic N) is 1. The smallest absolute Gasteiger partial charge is 0.338 e. The molecule has 1 saturated heterocycles. The maximum atomic E-state index is 12.0. The van der Waals surface area contributed by atoms with Crippen LogP contribution in [0.25, 0.3) is 0 Å². The summed E-state index contributed by atoms with van der Waals surface area (Å²) in [5, 5.41) is 11.8. The van der Waals surface area contributed by atoms with E-state index in [0.717, 1.165) is 56.5 Å². The maximum Gasteiger partial charge on any atom is 0.338 e. The molecule has 0 amide bonds. The van der Waals surface area contributed by atoms with Gasteiger partial charge in [-0.1, -0.05) is 32.1 Å². The van der Waals surface area contributed by atoms with Gasteiger partial charge in [0, 0.05) is 38.9 Å². The fourth-order valence-electron chi connectivity index (χ4n) is 6.77. The Morgan fingerprint density at radius 3 is 2.62 bits per heavy atom. The molecule has 0 bridgehead atoms. The summed E-state index contributed by atoms with van der Waals surface area (Å²) < 4.78 is 16.8. The van der Waals surface area contributed by atoms with Crippen LogP contribution in [0.2, 0.25) is 0 Å². The molecule has 215 valence electrons. The number of aliphatic hydroxyl groups is 1. The quantitative estimate of drug-likeness (QED) is 0.350. The first-order chi connectivity index (χ1) is 18.6. The van der Waals surface area contributed by atoms with E-state index in [2.05, 4.69) is 24.8 Å². The van der Waals surface area contributed by atoms with Crippen LogP contribution >= 0.6 is 0 Å². The van der Waals surface area contributed by atoms with Gasteiger partial charge in [0.05, 0.1) is 30.5 Å². The van der Waals surface area contributed by atoms with Gasteiger partial charge in [-0.25, -0.2) is 4.79 Å². The summed E-state index contributed by atoms with van der Waals surface area (Å²) >= 11 is 0. The van der Waals surface area contributed by atoms with Gasteiger partial charge in [-0.3, -0.25) is 4.79 Å². The van der Waals surface area contributed by atoms with E-state index < -0.39 is 11.7 Å². The molecule has 1 aromatic carbocycles. The Balaban J connectivity index is 1.29. The highest BCUT2D eigenvalue weighted by Gasteiger charge is 2.53. The van der Waals surface area contributed by atoms with Crippen molar-refractivity contribution in [2.45, 2.75) is 84.7 Å². The van der Waals surface area contributed by atoms with Gasteiger partial charge in [-0.2, -0.15) is 0 Å². The first-order valence-electron chi connectivity index (χ1n) is 14.6. The van der Waals surface area contributed by atoms with E-state index in [4.69, 9.17) is 14.2 Å². The molecule has 7 nitrogen and oxygen atoms in total. The van der Waals surface area contributed by atoms with E-state index >= 15 is 0 Å². The van der Waals surface area contributed by atoms with Crippen molar-refractivity contribution in [1.82, 2.24) is 4.90 Å². The molecule has 1 heterocycles. The number of piperidine rings is 1. The lowest BCUT2D eigenvalue weighted by atomic mass is 9.57. The Morgan fingerprint density at radius 2 is 1.92 bits per heavy atom. The van der Waals surface area contributed by atoms with E-state index in [1.165, 1.54) is 6.92 Å². The molecule has 3 aliphatic rings. The molecule has 2 fully saturated rings. The van der Waals surface area contributed by atoms with Crippen LogP contribution in [0.5, 0.6) is 0 Å². The van der Waals surface area contributed by atoms with Gasteiger partial charge in [-0.15, -0.1) is 0 Å². The second-order valence-corrected chi connectivity index (χ2v) is 11.9. The maximum absolute atomic E-state index is 12.0. The minimum atomic E-state index is -0.956. The molecule has 0 spiro atoms. The molecule has 0 aromatic heterocycles. The highest BCUT2D eigenvalue weighted by molar-refractivity contribution is 5.89. The third-order valence-corrected chi connectivity index (χ3v) is 9.06. The number of likely N-dealkylation sites (tertiary alicyclic amines) is 1. The zero-order valence-corrected chi connectivity index (χ0v) is 24.2. The number of esters is 2. The molecule has 1 unspecified atom stereocenters. The van der Waals surface area contributed by atoms with Gasteiger partial charge in [0.15, 0.2) is 0 Å². The second-order valence-electron chi connectivity index (χ2n) is 11.9. The monoisotopic (exact) mass is 540 g/mol. The molecule has 4 rings (SSSR count). The van der Waals surface area contributed by atoms with Crippen molar-refractivity contribution in [3.63, 3.8) is 0 Å². The fraction of sp³-hybridized carbons (Fsp3) is 0.656. The zero-order chi connectivity index (χ0) is 28.2. The van der Waals surface area contributed by atoms with Crippen molar-refractivity contribution in [2.75, 3.05) is 26.2 Å². The molecule has 39 heavy (non-hydrogen) atoms. The third-order valence-electron chi connectivity index (χ3n) is 9.06. The Labute approximate surface area is 233 Å². The number of carbonyl (C=O) groups is 2. The number of benzene rings is 1. The number of rotatable bonds is 9. The second kappa shape index (κ2) is 13.0. The SMILES string of the molecule is CCOC(=O)c1cccc(COC2CCN(CC(C)[C@@H]3CC[C@@H](C)[C@]4(O)[CH][C@@H](OC(C)=O)C(C)=C[C@H]34)CC2)c1. The minimum absolute atomic E-state index is 0.0364. The normalized spacial score (nSPS) is 30.7. The highest BCUT2D eigenvalue weighted by Crippen LogP contribution is 2.51. The van der Waals surface area contributed by atoms with E-state index in [0.29, 0.717) is 30.6 Å². The molecule has 1 aromatic rings. The van der Waals surface area contributed by atoms with Gasteiger partial charge in [0.25, 0.3) is 0 Å². The predicted molar refractivity (Wildman–Crippen MR) is 150 cm³/mol. The first-order valence-corrected chi connectivity index (χ1v) is 14.6. The number of fused-ring (bicyclic) bond motifs is 1. The van der Waals surface area contributed by atoms with Crippen molar-refractivity contribution in [1.29, 1.82) is 0 Å². The molecule has 1 saturated carbocycles. The van der Waals surface area contributed by atoms with Gasteiger partial charge in [-0.05, 0) is 80.6 Å². The average molecular weight is 541 g/mol. The van der Waals surface area contributed by atoms with Gasteiger partial charge < -0.3 is 24.2 Å². The number of carbonyl (C=O) groups excluding carboxylic acids is 2. The Hall–Kier alpha value is -2.22. The van der Waals surface area contributed by atoms with Gasteiger partial charge >= 0.3 is 11.9 Å². The van der Waals surface area contributed by atoms with Crippen LogP contribution in [-0.2, 0) is 25.6 Å². The van der Waals surface area contributed by atoms with Crippen LogP contribution in [0.15, 0.2) is 35.9 Å². The summed E-state index contributed by atoms with van der Waals surface area (Å²) in [5.41, 5.74) is 1.60. The molecular weight excluding hydrogens is 494 g/mol. The van der Waals surface area contributed by atoms with Crippen molar-refractivity contribution in [2.24, 2.45) is 23.7 Å². The van der Waals surface area contributed by atoms with E-state index in [9.17, 15) is 14.7 Å². The third kappa shape index (κ3) is 7.11. The first kappa shape index (κ1) is 29.8. The van der Waals surface area contributed by atoms with Crippen LogP contribution in [0.3, 0.4) is 0 Å². The number of ether oxygens (including phenoxy) is 3. The lowest BCUT2D eigenvalue weighted by Gasteiger charge is -2.53. The van der Waals surface area contributed by atoms with Crippen LogP contribution < -0.4 is 0 Å². The molecule has 1 aliphatic heterocycles. The lowest BCUT2D eigenvalue weighted by Crippen LogP contribution is -2.56. The topological polar surface area (TPSA) is 85.3 Å². The van der Waals surface area contributed by atoms with Crippen LogP contribution in [-0.4, -0.2) is 66.0 Å². The predicted octanol–water partition coefficient (Wildman–Crippen LogP) is 4.97. The van der Waals surface area contributed by atoms with Crippen molar-refractivity contribution in [3.8, 4) is 0 Å². The molecule has 1 N–H and O–H groups in total. The number of hydrogen-bond donors (Lipinski definition) is 1. The number of hydrogen-bond acceptors (Lipinski definition) is 7. The molecule has 2 aliphatic carbocycles. The fourth-order valence-corrected chi connectivity index (χ4v) is 6.77. The van der Waals surface area contributed by atoms with E-state index in [1.54, 1.807) is 6.07 Å². The summed E-state index contributed by atoms with van der Waals surface area (Å²) in [7, 11) is 0. The summed E-state index contributed by atoms with van der Waals surface area (Å²) in [4.78, 5) is 26.2. The summed E-state index contributed by atoms with van der Waals surface area (Å²) in [5.74, 6) is 0.343. The van der Waals surface area contributed by atoms with Crippen LogP contribution in [0.4, 0.5) is 0 Å². The lowest BCUT2D eigenvalue weighted by molar-refractivity contribution is -0.148. The Kier molecular flexibility index (Phi) is 9.89. The summed E-state index contributed by atoms with van der Waals surface area (Å²) in [6.45, 7) is 13.5. The average Bonchev–Trinajstić information content (AvgIpc) is 2.90. The molecule has 7 heteroatoms. The van der Waals surface area contributed by atoms with Crippen LogP contribution in [0.1, 0.15) is 76.2 Å². The van der Waals surface area contributed by atoms with Crippen molar-refractivity contribution < 1.29 is 28.9 Å². The van der Waals surface area contributed by atoms with Crippen LogP contribution in [0, 0.1) is 30.1 Å². The Morgan fingerprint density at radius 1 is 1.18 bits per heavy atom. The largest absolute Gasteiger partial charge is 0.462 e. The van der Waals surface area contributed by atoms with Gasteiger partial charge in [0.1, 0.15) is 6.10 Å². The van der Waals surface area contributed by atoms with Crippen molar-refractivity contribution >= 4 is 11.9 Å². The minimum Gasteiger partial charge on any atom is -0.462 e. The summed E-state index contributed by atoms with van der Waals surface area (Å²) in [6, 6.07) is 7.49. The molecule has 6 atom stereocenters. The standard InChI is InChI=1S/C32H46NO6/c1-6-37-31(35)26-9-7-8-25(17-26)20-38-27-12-14-33(15-13-27)19-22(3)28-11-10-23(4)32(36)18-30(39-24(5)34)21(2)16-29(28)32/h7-9,16-18,22-23,27-30,36H,6,10-15,19-20H2,1-5H3/t22?,23-,28+,29-,30-,32-/m1/s1. The summed E-state index contributed by atoms with van der Waals surface area (Å²) in [6.07, 6.45) is 7.85.